The molecule has 0 spiro atoms. The Bertz CT molecular complexity index is 652. The van der Waals surface area contributed by atoms with E-state index >= 15 is 0 Å². The van der Waals surface area contributed by atoms with E-state index < -0.39 is 11.2 Å². The van der Waals surface area contributed by atoms with E-state index in [9.17, 15) is 4.55 Å². The summed E-state index contributed by atoms with van der Waals surface area (Å²) in [7, 11) is 0. The van der Waals surface area contributed by atoms with Gasteiger partial charge in [-0.1, -0.05) is 41.9 Å². The van der Waals surface area contributed by atoms with Crippen LogP contribution in [0, 0.1) is 0 Å². The number of hydrogen-bond donors (Lipinski definition) is 0. The van der Waals surface area contributed by atoms with Gasteiger partial charge in [0.25, 0.3) is 0 Å². The average molecular weight is 322 g/mol. The summed E-state index contributed by atoms with van der Waals surface area (Å²) >= 11 is 6.80. The summed E-state index contributed by atoms with van der Waals surface area (Å²) in [6.45, 7) is 0.808. The molecule has 2 aliphatic heterocycles. The zero-order valence-corrected chi connectivity index (χ0v) is 12.9. The Hall–Kier alpha value is -0.810. The zero-order valence-electron chi connectivity index (χ0n) is 10.5. The predicted molar refractivity (Wildman–Crippen MR) is 85.8 cm³/mol. The van der Waals surface area contributed by atoms with E-state index in [4.69, 9.17) is 11.6 Å². The molecular formula is C15H12ClNOS2. The summed E-state index contributed by atoms with van der Waals surface area (Å²) in [6, 6.07) is 16.1. The fourth-order valence-corrected chi connectivity index (χ4v) is 6.60. The van der Waals surface area contributed by atoms with E-state index in [0.717, 1.165) is 27.7 Å². The molecule has 0 aliphatic carbocycles. The molecule has 102 valence electrons. The molecule has 3 atom stereocenters. The van der Waals surface area contributed by atoms with Gasteiger partial charge in [0, 0.05) is 15.5 Å². The SMILES string of the molecule is [O-][S+]1C(c2ccccc2)CN2c3ccc(Cl)cc3SC21. The summed E-state index contributed by atoms with van der Waals surface area (Å²) in [5, 5.41) is 0.834. The number of rotatable bonds is 1. The lowest BCUT2D eigenvalue weighted by Gasteiger charge is -2.16. The van der Waals surface area contributed by atoms with E-state index in [1.54, 1.807) is 11.8 Å². The van der Waals surface area contributed by atoms with E-state index in [1.807, 2.05) is 36.4 Å². The molecular weight excluding hydrogens is 310 g/mol. The molecule has 2 aliphatic rings. The third-order valence-corrected chi connectivity index (χ3v) is 7.49. The molecule has 2 aromatic carbocycles. The Morgan fingerprint density at radius 2 is 2.00 bits per heavy atom. The molecule has 2 heterocycles. The molecule has 0 radical (unpaired) electrons. The minimum Gasteiger partial charge on any atom is -0.613 e. The molecule has 1 fully saturated rings. The Balaban J connectivity index is 1.68. The molecule has 0 amide bonds. The van der Waals surface area contributed by atoms with Crippen molar-refractivity contribution < 1.29 is 4.55 Å². The van der Waals surface area contributed by atoms with Gasteiger partial charge < -0.3 is 9.45 Å². The average Bonchev–Trinajstić information content (AvgIpc) is 2.97. The highest BCUT2D eigenvalue weighted by atomic mass is 35.5. The molecule has 0 bridgehead atoms. The van der Waals surface area contributed by atoms with Crippen molar-refractivity contribution in [2.24, 2.45) is 0 Å². The highest BCUT2D eigenvalue weighted by Crippen LogP contribution is 2.53. The van der Waals surface area contributed by atoms with Crippen LogP contribution >= 0.6 is 23.4 Å². The first kappa shape index (κ1) is 12.9. The fourth-order valence-electron chi connectivity index (χ4n) is 2.76. The zero-order chi connectivity index (χ0) is 13.7. The predicted octanol–water partition coefficient (Wildman–Crippen LogP) is 4.04. The molecule has 3 unspecified atom stereocenters. The van der Waals surface area contributed by atoms with Crippen LogP contribution < -0.4 is 4.90 Å². The van der Waals surface area contributed by atoms with Crippen LogP contribution in [0.15, 0.2) is 53.4 Å². The Morgan fingerprint density at radius 1 is 1.20 bits per heavy atom. The van der Waals surface area contributed by atoms with Crippen molar-refractivity contribution in [2.45, 2.75) is 14.9 Å². The summed E-state index contributed by atoms with van der Waals surface area (Å²) in [5.41, 5.74) is 2.33. The second-order valence-electron chi connectivity index (χ2n) is 4.92. The lowest BCUT2D eigenvalue weighted by molar-refractivity contribution is 0.591. The van der Waals surface area contributed by atoms with Gasteiger partial charge in [-0.05, 0) is 41.1 Å². The first-order chi connectivity index (χ1) is 9.74. The Morgan fingerprint density at radius 3 is 2.80 bits per heavy atom. The van der Waals surface area contributed by atoms with E-state index in [2.05, 4.69) is 17.0 Å². The van der Waals surface area contributed by atoms with Crippen molar-refractivity contribution in [1.29, 1.82) is 0 Å². The molecule has 4 rings (SSSR count). The highest BCUT2D eigenvalue weighted by molar-refractivity contribution is 8.14. The Labute approximate surface area is 130 Å². The smallest absolute Gasteiger partial charge is 0.241 e. The maximum absolute atomic E-state index is 12.8. The standard InChI is InChI=1S/C15H12ClNOS2/c16-11-6-7-12-13(8-11)19-15-17(12)9-14(20(15)18)10-4-2-1-3-5-10/h1-8,14-15H,9H2. The minimum atomic E-state index is -0.904. The number of fused-ring (bicyclic) bond motifs is 3. The van der Waals surface area contributed by atoms with Crippen LogP contribution in [0.4, 0.5) is 5.69 Å². The van der Waals surface area contributed by atoms with Crippen molar-refractivity contribution in [2.75, 3.05) is 11.4 Å². The molecule has 1 saturated heterocycles. The molecule has 5 heteroatoms. The number of hydrogen-bond acceptors (Lipinski definition) is 3. The van der Waals surface area contributed by atoms with Crippen LogP contribution in [-0.4, -0.2) is 15.8 Å². The molecule has 2 aromatic rings. The number of nitrogens with zero attached hydrogens (tertiary/aromatic N) is 1. The topological polar surface area (TPSA) is 26.3 Å². The first-order valence-electron chi connectivity index (χ1n) is 6.41. The fraction of sp³-hybridized carbons (Fsp3) is 0.200. The molecule has 0 saturated carbocycles. The lowest BCUT2D eigenvalue weighted by Crippen LogP contribution is -2.25. The van der Waals surface area contributed by atoms with E-state index in [-0.39, 0.29) is 9.96 Å². The van der Waals surface area contributed by atoms with Crippen LogP contribution in [0.25, 0.3) is 0 Å². The third kappa shape index (κ3) is 1.94. The number of halogens is 1. The second kappa shape index (κ2) is 4.88. The summed E-state index contributed by atoms with van der Waals surface area (Å²) < 4.78 is 12.8. The summed E-state index contributed by atoms with van der Waals surface area (Å²) in [5.74, 6) is 0. The van der Waals surface area contributed by atoms with Gasteiger partial charge in [-0.25, -0.2) is 0 Å². The van der Waals surface area contributed by atoms with Crippen molar-refractivity contribution in [3.63, 3.8) is 0 Å². The van der Waals surface area contributed by atoms with Gasteiger partial charge in [-0.3, -0.25) is 0 Å². The van der Waals surface area contributed by atoms with Gasteiger partial charge in [-0.2, -0.15) is 0 Å². The van der Waals surface area contributed by atoms with Crippen LogP contribution in [0.1, 0.15) is 10.8 Å². The number of anilines is 1. The van der Waals surface area contributed by atoms with Gasteiger partial charge >= 0.3 is 0 Å². The highest BCUT2D eigenvalue weighted by Gasteiger charge is 2.50. The first-order valence-corrected chi connectivity index (χ1v) is 8.94. The van der Waals surface area contributed by atoms with Crippen LogP contribution in [-0.2, 0) is 11.2 Å². The lowest BCUT2D eigenvalue weighted by atomic mass is 10.1. The van der Waals surface area contributed by atoms with E-state index in [1.165, 1.54) is 0 Å². The van der Waals surface area contributed by atoms with Crippen molar-refractivity contribution >= 4 is 40.2 Å². The molecule has 0 N–H and O–H groups in total. The molecule has 0 aromatic heterocycles. The quantitative estimate of drug-likeness (QED) is 0.742. The summed E-state index contributed by atoms with van der Waals surface area (Å²) in [6.07, 6.45) is 0. The van der Waals surface area contributed by atoms with Crippen molar-refractivity contribution in [3.8, 4) is 0 Å². The van der Waals surface area contributed by atoms with Gasteiger partial charge in [0.05, 0.1) is 12.2 Å². The largest absolute Gasteiger partial charge is 0.613 e. The normalized spacial score (nSPS) is 27.5. The Kier molecular flexibility index (Phi) is 3.15. The summed E-state index contributed by atoms with van der Waals surface area (Å²) in [4.78, 5) is 3.40. The molecule has 2 nitrogen and oxygen atoms in total. The van der Waals surface area contributed by atoms with Crippen LogP contribution in [0.5, 0.6) is 0 Å². The number of benzene rings is 2. The number of thioether (sulfide) groups is 1. The van der Waals surface area contributed by atoms with Crippen molar-refractivity contribution in [3.05, 3.63) is 59.1 Å². The maximum Gasteiger partial charge on any atom is 0.241 e. The monoisotopic (exact) mass is 321 g/mol. The van der Waals surface area contributed by atoms with E-state index in [0.29, 0.717) is 0 Å². The van der Waals surface area contributed by atoms with Crippen molar-refractivity contribution in [1.82, 2.24) is 0 Å². The maximum atomic E-state index is 12.8. The van der Waals surface area contributed by atoms with Crippen LogP contribution in [0.3, 0.4) is 0 Å². The third-order valence-electron chi connectivity index (χ3n) is 3.73. The van der Waals surface area contributed by atoms with Crippen LogP contribution in [0.2, 0.25) is 5.02 Å². The van der Waals surface area contributed by atoms with Gasteiger partial charge in [0.2, 0.25) is 4.71 Å². The van der Waals surface area contributed by atoms with Gasteiger partial charge in [-0.15, -0.1) is 0 Å². The van der Waals surface area contributed by atoms with Gasteiger partial charge in [0.1, 0.15) is 0 Å². The van der Waals surface area contributed by atoms with Gasteiger partial charge in [0.15, 0.2) is 5.25 Å². The molecule has 20 heavy (non-hydrogen) atoms. The second-order valence-corrected chi connectivity index (χ2v) is 8.45. The minimum absolute atomic E-state index is 0.0219.